The second kappa shape index (κ2) is 4.84. The van der Waals surface area contributed by atoms with Crippen LogP contribution in [-0.4, -0.2) is 6.04 Å². The van der Waals surface area contributed by atoms with E-state index in [2.05, 4.69) is 62.0 Å². The molecule has 14 heavy (non-hydrogen) atoms. The van der Waals surface area contributed by atoms with Crippen LogP contribution in [0.4, 0.5) is 5.69 Å². The van der Waals surface area contributed by atoms with Crippen LogP contribution in [0.15, 0.2) is 22.7 Å². The zero-order valence-electron chi connectivity index (χ0n) is 7.89. The predicted octanol–water partition coefficient (Wildman–Crippen LogP) is 4.41. The molecule has 0 spiro atoms. The maximum Gasteiger partial charge on any atom is 0.0354 e. The van der Waals surface area contributed by atoms with Crippen LogP contribution in [0.25, 0.3) is 0 Å². The van der Waals surface area contributed by atoms with E-state index in [1.165, 1.54) is 39.4 Å². The molecule has 0 atom stereocenters. The third kappa shape index (κ3) is 2.63. The Kier molecular flexibility index (Phi) is 3.71. The molecule has 0 bridgehead atoms. The molecule has 0 saturated heterocycles. The molecule has 3 heteroatoms. The summed E-state index contributed by atoms with van der Waals surface area (Å²) in [5, 5.41) is 3.58. The van der Waals surface area contributed by atoms with Crippen LogP contribution in [0.5, 0.6) is 0 Å². The molecule has 1 N–H and O–H groups in total. The van der Waals surface area contributed by atoms with Crippen LogP contribution in [0.2, 0.25) is 0 Å². The normalized spacial score (nSPS) is 17.3. The average molecular weight is 366 g/mol. The lowest BCUT2D eigenvalue weighted by atomic mass is 10.2. The zero-order valence-corrected chi connectivity index (χ0v) is 11.6. The minimum Gasteiger partial charge on any atom is -0.382 e. The minimum absolute atomic E-state index is 0.696. The smallest absolute Gasteiger partial charge is 0.0354 e. The lowest BCUT2D eigenvalue weighted by molar-refractivity contribution is 0.755. The summed E-state index contributed by atoms with van der Waals surface area (Å²) in [6, 6.07) is 7.16. The summed E-state index contributed by atoms with van der Waals surface area (Å²) in [5.41, 5.74) is 1.24. The fourth-order valence-corrected chi connectivity index (χ4v) is 2.61. The molecule has 0 radical (unpaired) electrons. The molecule has 0 heterocycles. The Morgan fingerprint density at radius 3 is 2.64 bits per heavy atom. The van der Waals surface area contributed by atoms with Crippen LogP contribution < -0.4 is 5.32 Å². The number of rotatable bonds is 2. The van der Waals surface area contributed by atoms with Gasteiger partial charge >= 0.3 is 0 Å². The van der Waals surface area contributed by atoms with Crippen molar-refractivity contribution in [2.75, 3.05) is 5.32 Å². The van der Waals surface area contributed by atoms with Crippen molar-refractivity contribution >= 4 is 44.2 Å². The maximum atomic E-state index is 3.58. The monoisotopic (exact) mass is 365 g/mol. The number of anilines is 1. The zero-order chi connectivity index (χ0) is 9.97. The van der Waals surface area contributed by atoms with E-state index in [9.17, 15) is 0 Å². The minimum atomic E-state index is 0.696. The van der Waals surface area contributed by atoms with E-state index in [4.69, 9.17) is 0 Å². The largest absolute Gasteiger partial charge is 0.382 e. The van der Waals surface area contributed by atoms with Crippen molar-refractivity contribution in [3.8, 4) is 0 Å². The van der Waals surface area contributed by atoms with E-state index in [-0.39, 0.29) is 0 Å². The highest BCUT2D eigenvalue weighted by molar-refractivity contribution is 14.1. The Bertz CT molecular complexity index is 321. The van der Waals surface area contributed by atoms with Crippen LogP contribution in [0.1, 0.15) is 25.7 Å². The summed E-state index contributed by atoms with van der Waals surface area (Å²) in [6.07, 6.45) is 5.40. The Hall–Kier alpha value is 0.230. The molecular weight excluding hydrogens is 353 g/mol. The Labute approximate surface area is 107 Å². The van der Waals surface area contributed by atoms with Crippen molar-refractivity contribution < 1.29 is 0 Å². The van der Waals surface area contributed by atoms with Gasteiger partial charge in [0, 0.05) is 19.8 Å². The van der Waals surface area contributed by atoms with E-state index in [1.54, 1.807) is 0 Å². The lowest BCUT2D eigenvalue weighted by Crippen LogP contribution is -2.14. The van der Waals surface area contributed by atoms with Gasteiger partial charge in [0.15, 0.2) is 0 Å². The summed E-state index contributed by atoms with van der Waals surface area (Å²) >= 11 is 5.88. The molecule has 0 amide bonds. The predicted molar refractivity (Wildman–Crippen MR) is 72.7 cm³/mol. The Morgan fingerprint density at radius 2 is 2.00 bits per heavy atom. The quantitative estimate of drug-likeness (QED) is 0.765. The number of benzene rings is 1. The van der Waals surface area contributed by atoms with E-state index < -0.39 is 0 Å². The van der Waals surface area contributed by atoms with Gasteiger partial charge in [-0.2, -0.15) is 0 Å². The first-order chi connectivity index (χ1) is 6.75. The molecule has 1 saturated carbocycles. The van der Waals surface area contributed by atoms with Gasteiger partial charge in [-0.3, -0.25) is 0 Å². The molecule has 0 aromatic heterocycles. The highest BCUT2D eigenvalue weighted by atomic mass is 127. The van der Waals surface area contributed by atoms with Gasteiger partial charge in [-0.25, -0.2) is 0 Å². The lowest BCUT2D eigenvalue weighted by Gasteiger charge is -2.13. The van der Waals surface area contributed by atoms with Crippen molar-refractivity contribution in [3.05, 3.63) is 26.2 Å². The molecule has 0 aliphatic heterocycles. The molecule has 76 valence electrons. The first-order valence-electron chi connectivity index (χ1n) is 4.97. The first kappa shape index (κ1) is 10.7. The summed E-state index contributed by atoms with van der Waals surface area (Å²) < 4.78 is 2.45. The Balaban J connectivity index is 2.05. The van der Waals surface area contributed by atoms with E-state index in [0.29, 0.717) is 6.04 Å². The fourth-order valence-electron chi connectivity index (χ4n) is 1.89. The van der Waals surface area contributed by atoms with Gasteiger partial charge in [0.2, 0.25) is 0 Å². The summed E-state index contributed by atoms with van der Waals surface area (Å²) in [7, 11) is 0. The molecule has 1 aromatic carbocycles. The summed E-state index contributed by atoms with van der Waals surface area (Å²) in [4.78, 5) is 0. The van der Waals surface area contributed by atoms with Gasteiger partial charge in [0.05, 0.1) is 0 Å². The van der Waals surface area contributed by atoms with Crippen LogP contribution in [0.3, 0.4) is 0 Å². The second-order valence-electron chi connectivity index (χ2n) is 3.75. The molecular formula is C11H13BrIN. The highest BCUT2D eigenvalue weighted by Crippen LogP contribution is 2.26. The molecule has 2 rings (SSSR count). The van der Waals surface area contributed by atoms with Gasteiger partial charge < -0.3 is 5.32 Å². The highest BCUT2D eigenvalue weighted by Gasteiger charge is 2.14. The topological polar surface area (TPSA) is 12.0 Å². The number of nitrogens with one attached hydrogen (secondary N) is 1. The molecule has 1 aliphatic rings. The number of hydrogen-bond acceptors (Lipinski definition) is 1. The van der Waals surface area contributed by atoms with Crippen LogP contribution >= 0.6 is 38.5 Å². The van der Waals surface area contributed by atoms with Gasteiger partial charge in [-0.15, -0.1) is 0 Å². The SMILES string of the molecule is Brc1cc(NC2CCCC2)ccc1I. The number of halogens is 2. The van der Waals surface area contributed by atoms with Crippen molar-refractivity contribution in [2.24, 2.45) is 0 Å². The van der Waals surface area contributed by atoms with Gasteiger partial charge in [-0.1, -0.05) is 12.8 Å². The van der Waals surface area contributed by atoms with Crippen molar-refractivity contribution in [3.63, 3.8) is 0 Å². The van der Waals surface area contributed by atoms with Gasteiger partial charge in [-0.05, 0) is 69.6 Å². The molecule has 1 aliphatic carbocycles. The molecule has 1 aromatic rings. The van der Waals surface area contributed by atoms with Gasteiger partial charge in [0.1, 0.15) is 0 Å². The maximum absolute atomic E-state index is 3.58. The summed E-state index contributed by atoms with van der Waals surface area (Å²) in [6.45, 7) is 0. The van der Waals surface area contributed by atoms with Crippen molar-refractivity contribution in [1.29, 1.82) is 0 Å². The third-order valence-corrected chi connectivity index (χ3v) is 4.98. The third-order valence-electron chi connectivity index (χ3n) is 2.65. The average Bonchev–Trinajstić information content (AvgIpc) is 2.64. The van der Waals surface area contributed by atoms with Crippen LogP contribution in [-0.2, 0) is 0 Å². The molecule has 1 fully saturated rings. The summed E-state index contributed by atoms with van der Waals surface area (Å²) in [5.74, 6) is 0. The van der Waals surface area contributed by atoms with Crippen molar-refractivity contribution in [1.82, 2.24) is 0 Å². The van der Waals surface area contributed by atoms with E-state index in [0.717, 1.165) is 0 Å². The van der Waals surface area contributed by atoms with Gasteiger partial charge in [0.25, 0.3) is 0 Å². The van der Waals surface area contributed by atoms with E-state index >= 15 is 0 Å². The first-order valence-corrected chi connectivity index (χ1v) is 6.84. The number of hydrogen-bond donors (Lipinski definition) is 1. The van der Waals surface area contributed by atoms with E-state index in [1.807, 2.05) is 0 Å². The van der Waals surface area contributed by atoms with Crippen LogP contribution in [0, 0.1) is 3.57 Å². The molecule has 1 nitrogen and oxygen atoms in total. The molecule has 0 unspecified atom stereocenters. The van der Waals surface area contributed by atoms with Crippen molar-refractivity contribution in [2.45, 2.75) is 31.7 Å². The second-order valence-corrected chi connectivity index (χ2v) is 5.77. The fraction of sp³-hybridized carbons (Fsp3) is 0.455. The Morgan fingerprint density at radius 1 is 1.29 bits per heavy atom. The standard InChI is InChI=1S/C11H13BrIN/c12-10-7-9(5-6-11(10)13)14-8-3-1-2-4-8/h5-8,14H,1-4H2.